The van der Waals surface area contributed by atoms with Crippen LogP contribution >= 0.6 is 0 Å². The number of hydrogen-bond donors (Lipinski definition) is 0. The summed E-state index contributed by atoms with van der Waals surface area (Å²) in [5, 5.41) is 0. The number of methoxy groups -OCH3 is 1. The summed E-state index contributed by atoms with van der Waals surface area (Å²) in [6.45, 7) is 7.41. The number of rotatable bonds is 4. The monoisotopic (exact) mass is 321 g/mol. The van der Waals surface area contributed by atoms with Crippen molar-refractivity contribution in [2.24, 2.45) is 0 Å². The summed E-state index contributed by atoms with van der Waals surface area (Å²) in [5.41, 5.74) is 0.852. The Balaban J connectivity index is 1.85. The molecule has 1 aromatic rings. The molecule has 1 saturated heterocycles. The molecule has 0 atom stereocenters. The fourth-order valence-corrected chi connectivity index (χ4v) is 2.69. The normalized spacial score (nSPS) is 16.3. The molecule has 0 spiro atoms. The van der Waals surface area contributed by atoms with Crippen molar-refractivity contribution in [1.29, 1.82) is 0 Å². The van der Waals surface area contributed by atoms with E-state index in [1.807, 2.05) is 32.9 Å². The summed E-state index contributed by atoms with van der Waals surface area (Å²) in [7, 11) is 1.60. The van der Waals surface area contributed by atoms with Crippen LogP contribution in [-0.2, 0) is 9.47 Å². The maximum absolute atomic E-state index is 12.1. The fourth-order valence-electron chi connectivity index (χ4n) is 2.69. The largest absolute Gasteiger partial charge is 0.468 e. The predicted octanol–water partition coefficient (Wildman–Crippen LogP) is 3.78. The molecule has 23 heavy (non-hydrogen) atoms. The molecule has 128 valence electrons. The number of amides is 1. The maximum Gasteiger partial charge on any atom is 0.410 e. The van der Waals surface area contributed by atoms with Gasteiger partial charge in [-0.15, -0.1) is 0 Å². The van der Waals surface area contributed by atoms with Crippen molar-refractivity contribution in [3.63, 3.8) is 0 Å². The third-order valence-electron chi connectivity index (χ3n) is 3.84. The van der Waals surface area contributed by atoms with Gasteiger partial charge in [-0.1, -0.05) is 12.1 Å². The molecule has 1 heterocycles. The van der Waals surface area contributed by atoms with Crippen molar-refractivity contribution in [2.75, 3.05) is 27.0 Å². The van der Waals surface area contributed by atoms with Gasteiger partial charge in [-0.3, -0.25) is 0 Å². The lowest BCUT2D eigenvalue weighted by molar-refractivity contribution is 0.0205. The smallest absolute Gasteiger partial charge is 0.410 e. The molecule has 5 nitrogen and oxygen atoms in total. The molecule has 0 bridgehead atoms. The van der Waals surface area contributed by atoms with Crippen LogP contribution in [0.5, 0.6) is 5.75 Å². The SMILES string of the molecule is COCOc1ccc(C2CCN(C(=O)OC(C)(C)C)CC2)cc1. The number of ether oxygens (including phenoxy) is 3. The molecule has 0 saturated carbocycles. The average molecular weight is 321 g/mol. The first-order valence-corrected chi connectivity index (χ1v) is 8.08. The van der Waals surface area contributed by atoms with E-state index in [0.717, 1.165) is 31.7 Å². The van der Waals surface area contributed by atoms with Gasteiger partial charge in [-0.05, 0) is 57.2 Å². The highest BCUT2D eigenvalue weighted by molar-refractivity contribution is 5.68. The standard InChI is InChI=1S/C18H27NO4/c1-18(2,3)23-17(20)19-11-9-15(10-12-19)14-5-7-16(8-6-14)22-13-21-4/h5-8,15H,9-13H2,1-4H3. The van der Waals surface area contributed by atoms with Gasteiger partial charge in [0.1, 0.15) is 11.4 Å². The van der Waals surface area contributed by atoms with Gasteiger partial charge in [0.25, 0.3) is 0 Å². The summed E-state index contributed by atoms with van der Waals surface area (Å²) >= 11 is 0. The Bertz CT molecular complexity index is 499. The van der Waals surface area contributed by atoms with Gasteiger partial charge >= 0.3 is 6.09 Å². The van der Waals surface area contributed by atoms with Crippen molar-refractivity contribution < 1.29 is 19.0 Å². The lowest BCUT2D eigenvalue weighted by Gasteiger charge is -2.33. The number of benzene rings is 1. The van der Waals surface area contributed by atoms with E-state index in [1.54, 1.807) is 12.0 Å². The highest BCUT2D eigenvalue weighted by Crippen LogP contribution is 2.29. The Morgan fingerprint density at radius 2 is 1.78 bits per heavy atom. The van der Waals surface area contributed by atoms with Gasteiger partial charge in [-0.2, -0.15) is 0 Å². The predicted molar refractivity (Wildman–Crippen MR) is 88.7 cm³/mol. The van der Waals surface area contributed by atoms with E-state index in [0.29, 0.717) is 5.92 Å². The van der Waals surface area contributed by atoms with Crippen molar-refractivity contribution in [3.05, 3.63) is 29.8 Å². The van der Waals surface area contributed by atoms with Crippen LogP contribution in [0, 0.1) is 0 Å². The number of carbonyl (C=O) groups is 1. The van der Waals surface area contributed by atoms with Crippen LogP contribution in [0.4, 0.5) is 4.79 Å². The zero-order valence-corrected chi connectivity index (χ0v) is 14.5. The van der Waals surface area contributed by atoms with Crippen LogP contribution in [0.25, 0.3) is 0 Å². The summed E-state index contributed by atoms with van der Waals surface area (Å²) in [6.07, 6.45) is 1.70. The topological polar surface area (TPSA) is 48.0 Å². The van der Waals surface area contributed by atoms with Gasteiger partial charge in [-0.25, -0.2) is 4.79 Å². The first kappa shape index (κ1) is 17.6. The van der Waals surface area contributed by atoms with Crippen LogP contribution in [0.2, 0.25) is 0 Å². The lowest BCUT2D eigenvalue weighted by atomic mass is 9.89. The van der Waals surface area contributed by atoms with Gasteiger partial charge in [0.05, 0.1) is 0 Å². The molecular weight excluding hydrogens is 294 g/mol. The summed E-state index contributed by atoms with van der Waals surface area (Å²) in [6, 6.07) is 8.13. The fraction of sp³-hybridized carbons (Fsp3) is 0.611. The second-order valence-electron chi connectivity index (χ2n) is 6.86. The molecule has 1 fully saturated rings. The molecule has 2 rings (SSSR count). The van der Waals surface area contributed by atoms with Gasteiger partial charge in [0.15, 0.2) is 6.79 Å². The summed E-state index contributed by atoms with van der Waals surface area (Å²) in [4.78, 5) is 13.9. The Morgan fingerprint density at radius 1 is 1.17 bits per heavy atom. The van der Waals surface area contributed by atoms with Crippen molar-refractivity contribution in [2.45, 2.75) is 45.1 Å². The molecular formula is C18H27NO4. The minimum atomic E-state index is -0.439. The molecule has 5 heteroatoms. The zero-order chi connectivity index (χ0) is 16.9. The first-order valence-electron chi connectivity index (χ1n) is 8.08. The minimum absolute atomic E-state index is 0.209. The summed E-state index contributed by atoms with van der Waals surface area (Å²) in [5.74, 6) is 1.28. The third-order valence-corrected chi connectivity index (χ3v) is 3.84. The number of likely N-dealkylation sites (tertiary alicyclic amines) is 1. The van der Waals surface area contributed by atoms with Crippen LogP contribution in [-0.4, -0.2) is 43.6 Å². The molecule has 0 radical (unpaired) electrons. The Hall–Kier alpha value is -1.75. The maximum atomic E-state index is 12.1. The van der Waals surface area contributed by atoms with Gasteiger partial charge in [0.2, 0.25) is 0 Å². The molecule has 0 unspecified atom stereocenters. The molecule has 1 amide bonds. The van der Waals surface area contributed by atoms with Crippen LogP contribution in [0.15, 0.2) is 24.3 Å². The van der Waals surface area contributed by atoms with Crippen LogP contribution in [0.3, 0.4) is 0 Å². The van der Waals surface area contributed by atoms with E-state index in [9.17, 15) is 4.79 Å². The van der Waals surface area contributed by atoms with E-state index in [1.165, 1.54) is 5.56 Å². The van der Waals surface area contributed by atoms with Crippen molar-refractivity contribution in [3.8, 4) is 5.75 Å². The molecule has 1 aliphatic heterocycles. The van der Waals surface area contributed by atoms with E-state index in [2.05, 4.69) is 12.1 Å². The lowest BCUT2D eigenvalue weighted by Crippen LogP contribution is -2.41. The number of nitrogens with zero attached hydrogens (tertiary/aromatic N) is 1. The highest BCUT2D eigenvalue weighted by atomic mass is 16.7. The average Bonchev–Trinajstić information content (AvgIpc) is 2.52. The minimum Gasteiger partial charge on any atom is -0.468 e. The van der Waals surface area contributed by atoms with Gasteiger partial charge in [0, 0.05) is 20.2 Å². The van der Waals surface area contributed by atoms with E-state index < -0.39 is 5.60 Å². The third kappa shape index (κ3) is 5.43. The molecule has 0 aliphatic carbocycles. The highest BCUT2D eigenvalue weighted by Gasteiger charge is 2.27. The van der Waals surface area contributed by atoms with Crippen LogP contribution < -0.4 is 4.74 Å². The second-order valence-corrected chi connectivity index (χ2v) is 6.86. The number of hydrogen-bond acceptors (Lipinski definition) is 4. The van der Waals surface area contributed by atoms with Crippen molar-refractivity contribution >= 4 is 6.09 Å². The quantitative estimate of drug-likeness (QED) is 0.792. The molecule has 1 aromatic carbocycles. The van der Waals surface area contributed by atoms with Crippen molar-refractivity contribution in [1.82, 2.24) is 4.90 Å². The van der Waals surface area contributed by atoms with Gasteiger partial charge < -0.3 is 19.1 Å². The Morgan fingerprint density at radius 3 is 2.30 bits per heavy atom. The Labute approximate surface area is 138 Å². The second kappa shape index (κ2) is 7.68. The number of piperidine rings is 1. The molecule has 0 N–H and O–H groups in total. The van der Waals surface area contributed by atoms with Crippen LogP contribution in [0.1, 0.15) is 45.1 Å². The van der Waals surface area contributed by atoms with E-state index >= 15 is 0 Å². The Kier molecular flexibility index (Phi) is 5.88. The van der Waals surface area contributed by atoms with E-state index in [4.69, 9.17) is 14.2 Å². The molecule has 1 aliphatic rings. The first-order chi connectivity index (χ1) is 10.9. The molecule has 0 aromatic heterocycles. The summed E-state index contributed by atoms with van der Waals surface area (Å²) < 4.78 is 15.7. The van der Waals surface area contributed by atoms with E-state index in [-0.39, 0.29) is 12.9 Å². The zero-order valence-electron chi connectivity index (χ0n) is 14.5. The number of carbonyl (C=O) groups excluding carboxylic acids is 1.